The highest BCUT2D eigenvalue weighted by Gasteiger charge is 2.57. The standard InChI is InChI=1S/C15H7F6NO4S2.C7H18N/c16-14(17,18)27(23,24)11-6-9-8-4-2-1-3-7(8)5-10(9)12(22)13(11)28(25,26)15(19,20)21;1-5-7-8(3,4)6-2/h1-6,22H;5-7H2,1-4H3/q;+1. The molecule has 0 spiro atoms. The van der Waals surface area contributed by atoms with Crippen LogP contribution in [0.4, 0.5) is 26.3 Å². The molecule has 0 aromatic heterocycles. The summed E-state index contributed by atoms with van der Waals surface area (Å²) in [6, 6.07) is 5.69. The van der Waals surface area contributed by atoms with Gasteiger partial charge in [-0.05, 0) is 42.2 Å². The second-order valence-electron chi connectivity index (χ2n) is 8.65. The zero-order valence-electron chi connectivity index (χ0n) is 19.7. The highest BCUT2D eigenvalue weighted by Crippen LogP contribution is 2.47. The molecule has 200 valence electrons. The summed E-state index contributed by atoms with van der Waals surface area (Å²) in [5, 5.41) is 7.82. The molecule has 0 amide bonds. The minimum Gasteiger partial charge on any atom is -0.329 e. The Bertz CT molecular complexity index is 1370. The molecule has 0 heterocycles. The SMILES string of the molecule is CCC[N+](C)(C)CC.N=C1C2=Cc3ccccc3C2=CC(S(=O)(=O)C(F)(F)F)=C1S(=O)(=O)C(F)(F)F. The van der Waals surface area contributed by atoms with Crippen LogP contribution in [0.2, 0.25) is 0 Å². The number of benzene rings is 1. The van der Waals surface area contributed by atoms with Crippen LogP contribution in [0.1, 0.15) is 31.4 Å². The maximum atomic E-state index is 13.0. The Morgan fingerprint density at radius 2 is 1.36 bits per heavy atom. The van der Waals surface area contributed by atoms with Gasteiger partial charge in [-0.15, -0.1) is 0 Å². The van der Waals surface area contributed by atoms with E-state index in [4.69, 9.17) is 5.41 Å². The third-order valence-corrected chi connectivity index (χ3v) is 8.90. The first-order valence-corrected chi connectivity index (χ1v) is 13.5. The Labute approximate surface area is 205 Å². The van der Waals surface area contributed by atoms with Crippen LogP contribution in [0.5, 0.6) is 0 Å². The second kappa shape index (κ2) is 9.78. The van der Waals surface area contributed by atoms with Crippen molar-refractivity contribution in [2.24, 2.45) is 0 Å². The van der Waals surface area contributed by atoms with Gasteiger partial charge in [-0.3, -0.25) is 5.41 Å². The third kappa shape index (κ3) is 5.44. The molecule has 2 aliphatic rings. The van der Waals surface area contributed by atoms with Crippen molar-refractivity contribution in [2.45, 2.75) is 31.3 Å². The van der Waals surface area contributed by atoms with Crippen molar-refractivity contribution in [1.82, 2.24) is 0 Å². The third-order valence-electron chi connectivity index (χ3n) is 5.69. The van der Waals surface area contributed by atoms with E-state index in [-0.39, 0.29) is 22.8 Å². The van der Waals surface area contributed by atoms with E-state index in [1.165, 1.54) is 43.8 Å². The zero-order chi connectivity index (χ0) is 27.9. The smallest absolute Gasteiger partial charge is 0.329 e. The maximum absolute atomic E-state index is 13.0. The molecule has 0 atom stereocenters. The number of hydrogen-bond acceptors (Lipinski definition) is 5. The molecule has 0 saturated heterocycles. The van der Waals surface area contributed by atoms with E-state index in [1.54, 1.807) is 0 Å². The molecule has 36 heavy (non-hydrogen) atoms. The molecule has 0 aliphatic heterocycles. The van der Waals surface area contributed by atoms with Gasteiger partial charge in [0.15, 0.2) is 0 Å². The molecule has 1 N–H and O–H groups in total. The van der Waals surface area contributed by atoms with Crippen LogP contribution in [0.3, 0.4) is 0 Å². The highest BCUT2D eigenvalue weighted by atomic mass is 32.2. The monoisotopic (exact) mass is 559 g/mol. The Kier molecular flexibility index (Phi) is 8.09. The largest absolute Gasteiger partial charge is 0.502 e. The Balaban J connectivity index is 0.000000493. The average Bonchev–Trinajstić information content (AvgIpc) is 3.11. The molecule has 1 aromatic carbocycles. The molecule has 0 bridgehead atoms. The minimum absolute atomic E-state index is 0.153. The van der Waals surface area contributed by atoms with Crippen LogP contribution in [-0.2, 0) is 19.7 Å². The number of nitrogens with one attached hydrogen (secondary N) is 1. The topological polar surface area (TPSA) is 92.1 Å². The van der Waals surface area contributed by atoms with Crippen molar-refractivity contribution in [1.29, 1.82) is 5.41 Å². The van der Waals surface area contributed by atoms with Crippen molar-refractivity contribution >= 4 is 37.0 Å². The van der Waals surface area contributed by atoms with E-state index in [1.807, 2.05) is 0 Å². The number of rotatable bonds is 5. The molecule has 14 heteroatoms. The predicted octanol–water partition coefficient (Wildman–Crippen LogP) is 5.07. The molecule has 0 unspecified atom stereocenters. The van der Waals surface area contributed by atoms with Crippen LogP contribution in [-0.4, -0.2) is 65.2 Å². The fourth-order valence-corrected chi connectivity index (χ4v) is 5.98. The summed E-state index contributed by atoms with van der Waals surface area (Å²) in [7, 11) is -8.55. The first-order valence-electron chi connectivity index (χ1n) is 10.5. The number of quaternary nitrogens is 1. The summed E-state index contributed by atoms with van der Waals surface area (Å²) in [6.45, 7) is 7.01. The quantitative estimate of drug-likeness (QED) is 0.403. The number of alkyl halides is 6. The number of nitrogens with zero attached hydrogens (tertiary/aromatic N) is 1. The lowest BCUT2D eigenvalue weighted by molar-refractivity contribution is -0.888. The number of allylic oxidation sites excluding steroid dienone is 4. The van der Waals surface area contributed by atoms with Gasteiger partial charge in [-0.25, -0.2) is 16.8 Å². The van der Waals surface area contributed by atoms with Crippen molar-refractivity contribution < 1.29 is 47.7 Å². The summed E-state index contributed by atoms with van der Waals surface area (Å²) in [5.41, 5.74) is -13.9. The second-order valence-corrected chi connectivity index (χ2v) is 12.4. The highest BCUT2D eigenvalue weighted by molar-refractivity contribution is 8.00. The predicted molar refractivity (Wildman–Crippen MR) is 125 cm³/mol. The van der Waals surface area contributed by atoms with Gasteiger partial charge in [0.25, 0.3) is 19.7 Å². The summed E-state index contributed by atoms with van der Waals surface area (Å²) in [4.78, 5) is -4.38. The van der Waals surface area contributed by atoms with Gasteiger partial charge in [0.05, 0.1) is 37.8 Å². The lowest BCUT2D eigenvalue weighted by atomic mass is 9.95. The van der Waals surface area contributed by atoms with Crippen molar-refractivity contribution in [3.05, 3.63) is 56.9 Å². The van der Waals surface area contributed by atoms with Gasteiger partial charge in [0.2, 0.25) is 0 Å². The molecule has 0 radical (unpaired) electrons. The first-order chi connectivity index (χ1) is 16.2. The van der Waals surface area contributed by atoms with E-state index >= 15 is 0 Å². The maximum Gasteiger partial charge on any atom is 0.502 e. The van der Waals surface area contributed by atoms with Crippen molar-refractivity contribution in [2.75, 3.05) is 27.2 Å². The van der Waals surface area contributed by atoms with Gasteiger partial charge in [0, 0.05) is 5.57 Å². The molecular weight excluding hydrogens is 534 g/mol. The Morgan fingerprint density at radius 1 is 0.833 bits per heavy atom. The first kappa shape index (κ1) is 29.8. The summed E-state index contributed by atoms with van der Waals surface area (Å²) < 4.78 is 127. The fraction of sp³-hybridized carbons (Fsp3) is 0.409. The van der Waals surface area contributed by atoms with Crippen LogP contribution < -0.4 is 0 Å². The number of fused-ring (bicyclic) bond motifs is 3. The molecule has 0 fully saturated rings. The molecule has 0 saturated carbocycles. The lowest BCUT2D eigenvalue weighted by Crippen LogP contribution is -2.39. The van der Waals surface area contributed by atoms with Crippen LogP contribution in [0.25, 0.3) is 11.6 Å². The number of halogens is 6. The number of hydrogen-bond donors (Lipinski definition) is 1. The molecule has 3 rings (SSSR count). The van der Waals surface area contributed by atoms with Crippen LogP contribution in [0, 0.1) is 5.41 Å². The number of sulfone groups is 2. The summed E-state index contributed by atoms with van der Waals surface area (Å²) in [6.07, 6.45) is 2.62. The van der Waals surface area contributed by atoms with Gasteiger partial charge < -0.3 is 4.48 Å². The Hall–Kier alpha value is -2.45. The summed E-state index contributed by atoms with van der Waals surface area (Å²) >= 11 is 0. The van der Waals surface area contributed by atoms with E-state index in [0.29, 0.717) is 0 Å². The van der Waals surface area contributed by atoms with Gasteiger partial charge in [-0.1, -0.05) is 31.2 Å². The van der Waals surface area contributed by atoms with Gasteiger partial charge in [0.1, 0.15) is 4.91 Å². The van der Waals surface area contributed by atoms with E-state index in [9.17, 15) is 43.2 Å². The van der Waals surface area contributed by atoms with E-state index < -0.39 is 51.8 Å². The fourth-order valence-electron chi connectivity index (χ4n) is 3.52. The normalized spacial score (nSPS) is 16.6. The van der Waals surface area contributed by atoms with Crippen LogP contribution in [0.15, 0.2) is 45.7 Å². The lowest BCUT2D eigenvalue weighted by Gasteiger charge is -2.27. The molecule has 1 aromatic rings. The van der Waals surface area contributed by atoms with E-state index in [2.05, 4.69) is 27.9 Å². The van der Waals surface area contributed by atoms with Crippen molar-refractivity contribution in [3.8, 4) is 0 Å². The van der Waals surface area contributed by atoms with E-state index in [0.717, 1.165) is 10.6 Å². The molecular formula is C22H25F6N2O4S2+. The average molecular weight is 560 g/mol. The van der Waals surface area contributed by atoms with Gasteiger partial charge in [-0.2, -0.15) is 26.3 Å². The molecule has 6 nitrogen and oxygen atoms in total. The van der Waals surface area contributed by atoms with Crippen LogP contribution >= 0.6 is 0 Å². The zero-order valence-corrected chi connectivity index (χ0v) is 21.4. The minimum atomic E-state index is -6.58. The summed E-state index contributed by atoms with van der Waals surface area (Å²) in [5.74, 6) is 0. The van der Waals surface area contributed by atoms with Gasteiger partial charge >= 0.3 is 11.0 Å². The van der Waals surface area contributed by atoms with Crippen molar-refractivity contribution in [3.63, 3.8) is 0 Å². The Morgan fingerprint density at radius 3 is 1.81 bits per heavy atom. The molecule has 2 aliphatic carbocycles.